The zero-order valence-corrected chi connectivity index (χ0v) is 20.4. The fourth-order valence-corrected chi connectivity index (χ4v) is 3.77. The summed E-state index contributed by atoms with van der Waals surface area (Å²) in [4.78, 5) is 4.77. The molecule has 2 aromatic rings. The van der Waals surface area contributed by atoms with Gasteiger partial charge in [0.15, 0.2) is 0 Å². The van der Waals surface area contributed by atoms with Crippen molar-refractivity contribution in [3.05, 3.63) is 70.8 Å². The lowest BCUT2D eigenvalue weighted by atomic mass is 9.94. The molecule has 0 bridgehead atoms. The molecule has 174 valence electrons. The first kappa shape index (κ1) is 25.5. The molecule has 0 aliphatic carbocycles. The van der Waals surface area contributed by atoms with Gasteiger partial charge in [-0.05, 0) is 80.0 Å². The van der Waals surface area contributed by atoms with Crippen LogP contribution in [0.4, 0.5) is 0 Å². The Morgan fingerprint density at radius 1 is 0.969 bits per heavy atom. The fraction of sp³-hybridized carbons (Fsp3) is 0.464. The fourth-order valence-electron chi connectivity index (χ4n) is 3.77. The number of oxime groups is 1. The number of ether oxygens (including phenoxy) is 2. The summed E-state index contributed by atoms with van der Waals surface area (Å²) in [6.07, 6.45) is 11.7. The van der Waals surface area contributed by atoms with Gasteiger partial charge in [-0.15, -0.1) is 0 Å². The smallest absolute Gasteiger partial charge is 0.125 e. The predicted molar refractivity (Wildman–Crippen MR) is 134 cm³/mol. The van der Waals surface area contributed by atoms with Crippen molar-refractivity contribution >= 4 is 6.21 Å². The quantitative estimate of drug-likeness (QED) is 0.134. The van der Waals surface area contributed by atoms with Gasteiger partial charge in [0.2, 0.25) is 0 Å². The van der Waals surface area contributed by atoms with Gasteiger partial charge in [-0.1, -0.05) is 61.7 Å². The van der Waals surface area contributed by atoms with Crippen molar-refractivity contribution in [3.8, 4) is 11.5 Å². The van der Waals surface area contributed by atoms with Gasteiger partial charge in [0.25, 0.3) is 0 Å². The van der Waals surface area contributed by atoms with Crippen molar-refractivity contribution in [3.63, 3.8) is 0 Å². The molecule has 0 aromatic heterocycles. The number of hydrogen-bond acceptors (Lipinski definition) is 4. The molecule has 4 heteroatoms. The average molecular weight is 438 g/mol. The SMILES string of the molecule is C/C=C/COc1cc(C)c(OCCCCCCC(C)c2cccc(C=NOC)c2)c(C)c1. The average Bonchev–Trinajstić information content (AvgIpc) is 2.78. The number of hydrogen-bond donors (Lipinski definition) is 0. The number of aryl methyl sites for hydroxylation is 2. The van der Waals surface area contributed by atoms with Crippen molar-refractivity contribution in [2.24, 2.45) is 5.16 Å². The number of allylic oxidation sites excluding steroid dienone is 1. The molecule has 0 aliphatic rings. The standard InChI is InChI=1S/C28H39NO3/c1-6-7-16-31-27-18-23(3)28(24(4)19-27)32-17-11-9-8-10-13-22(2)26-15-12-14-25(20-26)21-29-30-5/h6-7,12,14-15,18-22H,8-11,13,16-17H2,1-5H3/b7-6+,29-21?. The lowest BCUT2D eigenvalue weighted by Crippen LogP contribution is -2.02. The minimum absolute atomic E-state index is 0.543. The molecule has 0 fully saturated rings. The molecule has 32 heavy (non-hydrogen) atoms. The second kappa shape index (κ2) is 14.3. The van der Waals surface area contributed by atoms with Crippen LogP contribution in [0.3, 0.4) is 0 Å². The van der Waals surface area contributed by atoms with Crippen molar-refractivity contribution < 1.29 is 14.3 Å². The van der Waals surface area contributed by atoms with E-state index < -0.39 is 0 Å². The topological polar surface area (TPSA) is 40.0 Å². The van der Waals surface area contributed by atoms with Gasteiger partial charge in [0, 0.05) is 0 Å². The van der Waals surface area contributed by atoms with E-state index >= 15 is 0 Å². The molecule has 0 aliphatic heterocycles. The van der Waals surface area contributed by atoms with Gasteiger partial charge in [-0.2, -0.15) is 0 Å². The molecule has 0 saturated carbocycles. The molecule has 0 saturated heterocycles. The van der Waals surface area contributed by atoms with Crippen LogP contribution in [0.5, 0.6) is 11.5 Å². The van der Waals surface area contributed by atoms with E-state index in [2.05, 4.69) is 56.3 Å². The lowest BCUT2D eigenvalue weighted by Gasteiger charge is -2.15. The van der Waals surface area contributed by atoms with E-state index in [1.165, 1.54) is 31.2 Å². The maximum absolute atomic E-state index is 6.10. The van der Waals surface area contributed by atoms with E-state index in [9.17, 15) is 0 Å². The van der Waals surface area contributed by atoms with Crippen LogP contribution < -0.4 is 9.47 Å². The van der Waals surface area contributed by atoms with Crippen LogP contribution in [-0.4, -0.2) is 26.5 Å². The van der Waals surface area contributed by atoms with E-state index in [1.54, 1.807) is 13.3 Å². The van der Waals surface area contributed by atoms with Crippen LogP contribution in [0.1, 0.15) is 74.1 Å². The molecule has 0 N–H and O–H groups in total. The van der Waals surface area contributed by atoms with Crippen LogP contribution >= 0.6 is 0 Å². The van der Waals surface area contributed by atoms with Crippen molar-refractivity contribution in [2.45, 2.75) is 65.7 Å². The zero-order chi connectivity index (χ0) is 23.2. The van der Waals surface area contributed by atoms with Crippen molar-refractivity contribution in [1.82, 2.24) is 0 Å². The largest absolute Gasteiger partial charge is 0.493 e. The summed E-state index contributed by atoms with van der Waals surface area (Å²) in [6, 6.07) is 12.6. The highest BCUT2D eigenvalue weighted by atomic mass is 16.6. The summed E-state index contributed by atoms with van der Waals surface area (Å²) in [5.74, 6) is 2.44. The maximum Gasteiger partial charge on any atom is 0.125 e. The molecule has 1 atom stereocenters. The Hall–Kier alpha value is -2.75. The highest BCUT2D eigenvalue weighted by Crippen LogP contribution is 2.29. The molecule has 0 amide bonds. The van der Waals surface area contributed by atoms with Crippen LogP contribution in [0.25, 0.3) is 0 Å². The first-order valence-electron chi connectivity index (χ1n) is 11.7. The van der Waals surface area contributed by atoms with E-state index in [0.717, 1.165) is 41.2 Å². The van der Waals surface area contributed by atoms with Gasteiger partial charge < -0.3 is 14.3 Å². The minimum atomic E-state index is 0.543. The number of nitrogens with zero attached hydrogens (tertiary/aromatic N) is 1. The first-order valence-corrected chi connectivity index (χ1v) is 11.7. The van der Waals surface area contributed by atoms with Gasteiger partial charge in [-0.25, -0.2) is 0 Å². The zero-order valence-electron chi connectivity index (χ0n) is 20.4. The van der Waals surface area contributed by atoms with Crippen LogP contribution in [0.2, 0.25) is 0 Å². The molecule has 0 heterocycles. The summed E-state index contributed by atoms with van der Waals surface area (Å²) in [7, 11) is 1.56. The molecule has 4 nitrogen and oxygen atoms in total. The summed E-state index contributed by atoms with van der Waals surface area (Å²) in [5.41, 5.74) is 4.70. The predicted octanol–water partition coefficient (Wildman–Crippen LogP) is 7.37. The summed E-state index contributed by atoms with van der Waals surface area (Å²) >= 11 is 0. The molecule has 1 unspecified atom stereocenters. The Labute approximate surface area is 194 Å². The van der Waals surface area contributed by atoms with E-state index in [-0.39, 0.29) is 0 Å². The number of unbranched alkanes of at least 4 members (excludes halogenated alkanes) is 3. The van der Waals surface area contributed by atoms with E-state index in [4.69, 9.17) is 14.3 Å². The number of rotatable bonds is 14. The monoisotopic (exact) mass is 437 g/mol. The maximum atomic E-state index is 6.10. The van der Waals surface area contributed by atoms with Crippen molar-refractivity contribution in [2.75, 3.05) is 20.3 Å². The summed E-state index contributed by atoms with van der Waals surface area (Å²) in [5, 5.41) is 3.85. The highest BCUT2D eigenvalue weighted by molar-refractivity contribution is 5.79. The second-order valence-electron chi connectivity index (χ2n) is 8.31. The molecule has 2 rings (SSSR count). The number of benzene rings is 2. The third kappa shape index (κ3) is 8.78. The Morgan fingerprint density at radius 2 is 1.72 bits per heavy atom. The Morgan fingerprint density at radius 3 is 2.44 bits per heavy atom. The third-order valence-corrected chi connectivity index (χ3v) is 5.58. The first-order chi connectivity index (χ1) is 15.5. The van der Waals surface area contributed by atoms with Crippen LogP contribution in [0.15, 0.2) is 53.7 Å². The van der Waals surface area contributed by atoms with Gasteiger partial charge >= 0.3 is 0 Å². The summed E-state index contributed by atoms with van der Waals surface area (Å²) < 4.78 is 11.9. The molecule has 2 aromatic carbocycles. The van der Waals surface area contributed by atoms with E-state index in [0.29, 0.717) is 12.5 Å². The molecule has 0 spiro atoms. The molecule has 0 radical (unpaired) electrons. The van der Waals surface area contributed by atoms with Crippen LogP contribution in [-0.2, 0) is 4.84 Å². The Kier molecular flexibility index (Phi) is 11.4. The Bertz CT molecular complexity index is 850. The second-order valence-corrected chi connectivity index (χ2v) is 8.31. The normalized spacial score (nSPS) is 12.4. The molecular weight excluding hydrogens is 398 g/mol. The Balaban J connectivity index is 1.68. The van der Waals surface area contributed by atoms with Crippen LogP contribution in [0, 0.1) is 13.8 Å². The molecular formula is C28H39NO3. The van der Waals surface area contributed by atoms with Crippen molar-refractivity contribution in [1.29, 1.82) is 0 Å². The van der Waals surface area contributed by atoms with Gasteiger partial charge in [0.05, 0.1) is 12.8 Å². The summed E-state index contributed by atoms with van der Waals surface area (Å²) in [6.45, 7) is 9.83. The third-order valence-electron chi connectivity index (χ3n) is 5.58. The van der Waals surface area contributed by atoms with Gasteiger partial charge in [0.1, 0.15) is 25.2 Å². The van der Waals surface area contributed by atoms with Gasteiger partial charge in [-0.3, -0.25) is 0 Å². The minimum Gasteiger partial charge on any atom is -0.493 e. The van der Waals surface area contributed by atoms with E-state index in [1.807, 2.05) is 25.1 Å². The lowest BCUT2D eigenvalue weighted by molar-refractivity contribution is 0.215. The highest BCUT2D eigenvalue weighted by Gasteiger charge is 2.08.